The summed E-state index contributed by atoms with van der Waals surface area (Å²) in [7, 11) is 2.08. The Morgan fingerprint density at radius 2 is 1.96 bits per heavy atom. The summed E-state index contributed by atoms with van der Waals surface area (Å²) in [6.07, 6.45) is 9.17. The van der Waals surface area contributed by atoms with Gasteiger partial charge in [0, 0.05) is 39.3 Å². The third kappa shape index (κ3) is 4.10. The van der Waals surface area contributed by atoms with Gasteiger partial charge in [-0.25, -0.2) is 4.98 Å². The van der Waals surface area contributed by atoms with Crippen molar-refractivity contribution in [2.24, 2.45) is 5.92 Å². The molecule has 144 valence electrons. The number of anilines is 2. The molecule has 26 heavy (non-hydrogen) atoms. The SMILES string of the molecule is CN(CCC1CCOCC1)c1nc2c(c(NC3CCCC3)n1)[S+]([O-])CC2. The molecule has 1 atom stereocenters. The molecule has 0 bridgehead atoms. The number of aryl methyl sites for hydroxylation is 1. The fourth-order valence-electron chi connectivity index (χ4n) is 4.23. The average Bonchev–Trinajstić information content (AvgIpc) is 3.30. The minimum Gasteiger partial charge on any atom is -0.611 e. The highest BCUT2D eigenvalue weighted by atomic mass is 32.2. The van der Waals surface area contributed by atoms with Crippen LogP contribution in [0.1, 0.15) is 50.6 Å². The first-order valence-corrected chi connectivity index (χ1v) is 11.4. The summed E-state index contributed by atoms with van der Waals surface area (Å²) < 4.78 is 17.9. The summed E-state index contributed by atoms with van der Waals surface area (Å²) in [5.74, 6) is 3.02. The van der Waals surface area contributed by atoms with Gasteiger partial charge in [-0.3, -0.25) is 0 Å². The highest BCUT2D eigenvalue weighted by Gasteiger charge is 2.33. The zero-order chi connectivity index (χ0) is 17.9. The van der Waals surface area contributed by atoms with Crippen LogP contribution in [0.4, 0.5) is 11.8 Å². The molecular formula is C19H30N4O2S. The van der Waals surface area contributed by atoms with Gasteiger partial charge in [-0.15, -0.1) is 0 Å². The Kier molecular flexibility index (Phi) is 5.86. The van der Waals surface area contributed by atoms with Gasteiger partial charge in [0.25, 0.3) is 0 Å². The van der Waals surface area contributed by atoms with E-state index < -0.39 is 11.2 Å². The lowest BCUT2D eigenvalue weighted by Crippen LogP contribution is -2.27. The second-order valence-electron chi connectivity index (χ2n) is 7.84. The van der Waals surface area contributed by atoms with Crippen LogP contribution in [-0.4, -0.2) is 53.1 Å². The van der Waals surface area contributed by atoms with E-state index in [-0.39, 0.29) is 0 Å². The van der Waals surface area contributed by atoms with Crippen LogP contribution < -0.4 is 10.2 Å². The lowest BCUT2D eigenvalue weighted by molar-refractivity contribution is 0.0645. The Morgan fingerprint density at radius 3 is 2.73 bits per heavy atom. The lowest BCUT2D eigenvalue weighted by atomic mass is 9.96. The zero-order valence-electron chi connectivity index (χ0n) is 15.7. The van der Waals surface area contributed by atoms with Crippen molar-refractivity contribution in [3.63, 3.8) is 0 Å². The van der Waals surface area contributed by atoms with E-state index in [1.54, 1.807) is 0 Å². The molecule has 1 aromatic heterocycles. The molecule has 0 aromatic carbocycles. The normalized spacial score (nSPS) is 24.0. The minimum absolute atomic E-state index is 0.465. The highest BCUT2D eigenvalue weighted by Crippen LogP contribution is 2.34. The topological polar surface area (TPSA) is 73.3 Å². The van der Waals surface area contributed by atoms with Crippen molar-refractivity contribution in [3.8, 4) is 0 Å². The van der Waals surface area contributed by atoms with Gasteiger partial charge in [-0.1, -0.05) is 12.8 Å². The molecule has 0 amide bonds. The number of aromatic nitrogens is 2. The van der Waals surface area contributed by atoms with E-state index in [1.165, 1.54) is 25.7 Å². The second kappa shape index (κ2) is 8.31. The third-order valence-corrected chi connectivity index (χ3v) is 7.39. The number of hydrogen-bond acceptors (Lipinski definition) is 6. The molecule has 3 heterocycles. The van der Waals surface area contributed by atoms with Crippen LogP contribution in [0.25, 0.3) is 0 Å². The Balaban J connectivity index is 1.48. The van der Waals surface area contributed by atoms with Crippen molar-refractivity contribution >= 4 is 22.9 Å². The summed E-state index contributed by atoms with van der Waals surface area (Å²) in [6.45, 7) is 2.74. The van der Waals surface area contributed by atoms with Gasteiger partial charge in [0.15, 0.2) is 5.82 Å². The van der Waals surface area contributed by atoms with E-state index in [9.17, 15) is 4.55 Å². The molecular weight excluding hydrogens is 348 g/mol. The van der Waals surface area contributed by atoms with Gasteiger partial charge >= 0.3 is 0 Å². The van der Waals surface area contributed by atoms with E-state index in [4.69, 9.17) is 14.7 Å². The third-order valence-electron chi connectivity index (χ3n) is 5.93. The van der Waals surface area contributed by atoms with Gasteiger partial charge in [-0.05, 0) is 49.2 Å². The van der Waals surface area contributed by atoms with E-state index in [2.05, 4.69) is 17.3 Å². The lowest BCUT2D eigenvalue weighted by Gasteiger charge is -2.25. The van der Waals surface area contributed by atoms with Crippen molar-refractivity contribution in [3.05, 3.63) is 5.69 Å². The number of nitrogens with one attached hydrogen (secondary N) is 1. The van der Waals surface area contributed by atoms with Crippen LogP contribution in [0, 0.1) is 5.92 Å². The van der Waals surface area contributed by atoms with Crippen molar-refractivity contribution in [1.29, 1.82) is 0 Å². The maximum Gasteiger partial charge on any atom is 0.227 e. The number of hydrogen-bond donors (Lipinski definition) is 1. The first-order valence-electron chi connectivity index (χ1n) is 10.1. The van der Waals surface area contributed by atoms with Crippen LogP contribution >= 0.6 is 0 Å². The molecule has 1 N–H and O–H groups in total. The minimum atomic E-state index is -0.958. The van der Waals surface area contributed by atoms with Crippen molar-refractivity contribution in [2.45, 2.75) is 62.3 Å². The Morgan fingerprint density at radius 1 is 1.19 bits per heavy atom. The monoisotopic (exact) mass is 378 g/mol. The highest BCUT2D eigenvalue weighted by molar-refractivity contribution is 7.91. The zero-order valence-corrected chi connectivity index (χ0v) is 16.5. The Labute approximate surface area is 159 Å². The molecule has 3 aliphatic rings. The summed E-state index contributed by atoms with van der Waals surface area (Å²) in [5, 5.41) is 3.59. The van der Waals surface area contributed by atoms with Gasteiger partial charge in [0.2, 0.25) is 10.8 Å². The molecule has 0 radical (unpaired) electrons. The number of nitrogens with zero attached hydrogens (tertiary/aromatic N) is 3. The quantitative estimate of drug-likeness (QED) is 0.768. The molecule has 1 unspecified atom stereocenters. The maximum absolute atomic E-state index is 12.4. The molecule has 1 saturated carbocycles. The molecule has 2 aliphatic heterocycles. The van der Waals surface area contributed by atoms with Crippen molar-refractivity contribution in [2.75, 3.05) is 42.8 Å². The molecule has 2 fully saturated rings. The second-order valence-corrected chi connectivity index (χ2v) is 9.35. The Bertz CT molecular complexity index is 618. The van der Waals surface area contributed by atoms with Crippen LogP contribution in [0.5, 0.6) is 0 Å². The van der Waals surface area contributed by atoms with Crippen molar-refractivity contribution < 1.29 is 9.29 Å². The standard InChI is InChI=1S/C19H30N4O2S/c1-23(10-6-14-7-11-25-12-8-14)19-21-16-9-13-26(24)17(16)18(22-19)20-15-4-2-3-5-15/h14-15H,2-13H2,1H3,(H,20,21,22). The fourth-order valence-corrected chi connectivity index (χ4v) is 5.54. The van der Waals surface area contributed by atoms with Crippen LogP contribution in [0.2, 0.25) is 0 Å². The number of ether oxygens (including phenoxy) is 1. The molecule has 6 nitrogen and oxygen atoms in total. The summed E-state index contributed by atoms with van der Waals surface area (Å²) in [6, 6.07) is 0.465. The van der Waals surface area contributed by atoms with E-state index >= 15 is 0 Å². The average molecular weight is 379 g/mol. The van der Waals surface area contributed by atoms with E-state index in [0.29, 0.717) is 11.8 Å². The van der Waals surface area contributed by atoms with Gasteiger partial charge in [-0.2, -0.15) is 4.98 Å². The number of rotatable bonds is 6. The molecule has 1 aliphatic carbocycles. The van der Waals surface area contributed by atoms with Crippen molar-refractivity contribution in [1.82, 2.24) is 9.97 Å². The molecule has 1 saturated heterocycles. The van der Waals surface area contributed by atoms with Crippen LogP contribution in [0.15, 0.2) is 4.90 Å². The molecule has 1 aromatic rings. The van der Waals surface area contributed by atoms with Crippen LogP contribution in [-0.2, 0) is 22.3 Å². The van der Waals surface area contributed by atoms with E-state index in [1.807, 2.05) is 0 Å². The predicted octanol–water partition coefficient (Wildman–Crippen LogP) is 2.75. The number of fused-ring (bicyclic) bond motifs is 1. The molecule has 4 rings (SSSR count). The molecule has 7 heteroatoms. The predicted molar refractivity (Wildman–Crippen MR) is 104 cm³/mol. The van der Waals surface area contributed by atoms with Crippen LogP contribution in [0.3, 0.4) is 0 Å². The Hall–Kier alpha value is -1.05. The fraction of sp³-hybridized carbons (Fsp3) is 0.789. The summed E-state index contributed by atoms with van der Waals surface area (Å²) >= 11 is -0.958. The first-order chi connectivity index (χ1) is 12.7. The molecule has 0 spiro atoms. The smallest absolute Gasteiger partial charge is 0.227 e. The van der Waals surface area contributed by atoms with E-state index in [0.717, 1.165) is 73.7 Å². The van der Waals surface area contributed by atoms with Gasteiger partial charge in [0.1, 0.15) is 11.4 Å². The maximum atomic E-state index is 12.4. The van der Waals surface area contributed by atoms with Gasteiger partial charge in [0.05, 0.1) is 0 Å². The first kappa shape index (κ1) is 18.3. The largest absolute Gasteiger partial charge is 0.611 e. The van der Waals surface area contributed by atoms with Gasteiger partial charge < -0.3 is 19.5 Å². The summed E-state index contributed by atoms with van der Waals surface area (Å²) in [4.78, 5) is 12.6. The summed E-state index contributed by atoms with van der Waals surface area (Å²) in [5.41, 5.74) is 0.978.